The lowest BCUT2D eigenvalue weighted by Crippen LogP contribution is -2.36. The molecule has 2 N–H and O–H groups in total. The normalized spacial score (nSPS) is 28.7. The highest BCUT2D eigenvalue weighted by Gasteiger charge is 2.32. The SMILES string of the molecule is CC(C)C1CCC(N)C(c2ccc(F)cc2F)C1. The Morgan fingerprint density at radius 1 is 1.22 bits per heavy atom. The molecule has 2 rings (SSSR count). The van der Waals surface area contributed by atoms with Crippen molar-refractivity contribution in [2.75, 3.05) is 0 Å². The van der Waals surface area contributed by atoms with Crippen molar-refractivity contribution >= 4 is 0 Å². The maximum atomic E-state index is 13.8. The number of halogens is 2. The number of benzene rings is 1. The summed E-state index contributed by atoms with van der Waals surface area (Å²) in [6, 6.07) is 3.82. The molecule has 0 aromatic heterocycles. The van der Waals surface area contributed by atoms with Crippen LogP contribution >= 0.6 is 0 Å². The number of hydrogen-bond acceptors (Lipinski definition) is 1. The minimum absolute atomic E-state index is 0.0139. The van der Waals surface area contributed by atoms with Crippen molar-refractivity contribution in [3.05, 3.63) is 35.4 Å². The van der Waals surface area contributed by atoms with E-state index in [-0.39, 0.29) is 12.0 Å². The van der Waals surface area contributed by atoms with Gasteiger partial charge in [0.05, 0.1) is 0 Å². The van der Waals surface area contributed by atoms with Crippen LogP contribution in [0.4, 0.5) is 8.78 Å². The van der Waals surface area contributed by atoms with Crippen molar-refractivity contribution in [1.82, 2.24) is 0 Å². The average molecular weight is 253 g/mol. The van der Waals surface area contributed by atoms with Crippen LogP contribution in [0.15, 0.2) is 18.2 Å². The van der Waals surface area contributed by atoms with Crippen LogP contribution in [0.2, 0.25) is 0 Å². The first-order valence-corrected chi connectivity index (χ1v) is 6.69. The molecule has 1 aromatic rings. The van der Waals surface area contributed by atoms with Gasteiger partial charge in [-0.2, -0.15) is 0 Å². The van der Waals surface area contributed by atoms with Crippen LogP contribution < -0.4 is 5.73 Å². The lowest BCUT2D eigenvalue weighted by atomic mass is 9.71. The molecule has 0 heterocycles. The van der Waals surface area contributed by atoms with Crippen LogP contribution in [-0.2, 0) is 0 Å². The molecule has 1 aliphatic carbocycles. The average Bonchev–Trinajstić information content (AvgIpc) is 2.30. The summed E-state index contributed by atoms with van der Waals surface area (Å²) in [6.45, 7) is 4.39. The Balaban J connectivity index is 2.24. The van der Waals surface area contributed by atoms with Gasteiger partial charge in [0.2, 0.25) is 0 Å². The monoisotopic (exact) mass is 253 g/mol. The fraction of sp³-hybridized carbons (Fsp3) is 0.600. The third kappa shape index (κ3) is 2.72. The van der Waals surface area contributed by atoms with Gasteiger partial charge in [-0.1, -0.05) is 19.9 Å². The van der Waals surface area contributed by atoms with Crippen molar-refractivity contribution < 1.29 is 8.78 Å². The van der Waals surface area contributed by atoms with Gasteiger partial charge in [-0.15, -0.1) is 0 Å². The molecule has 0 bridgehead atoms. The van der Waals surface area contributed by atoms with Crippen LogP contribution in [0.5, 0.6) is 0 Å². The molecule has 100 valence electrons. The number of rotatable bonds is 2. The Kier molecular flexibility index (Phi) is 4.00. The first kappa shape index (κ1) is 13.5. The van der Waals surface area contributed by atoms with E-state index in [0.29, 0.717) is 17.4 Å². The summed E-state index contributed by atoms with van der Waals surface area (Å²) in [5, 5.41) is 0. The van der Waals surface area contributed by atoms with Gasteiger partial charge in [-0.25, -0.2) is 8.78 Å². The van der Waals surface area contributed by atoms with E-state index in [0.717, 1.165) is 25.3 Å². The van der Waals surface area contributed by atoms with E-state index in [9.17, 15) is 8.78 Å². The van der Waals surface area contributed by atoms with E-state index < -0.39 is 11.6 Å². The fourth-order valence-electron chi connectivity index (χ4n) is 2.99. The maximum Gasteiger partial charge on any atom is 0.129 e. The van der Waals surface area contributed by atoms with E-state index in [2.05, 4.69) is 13.8 Å². The predicted octanol–water partition coefficient (Wildman–Crippen LogP) is 3.83. The van der Waals surface area contributed by atoms with E-state index in [4.69, 9.17) is 5.73 Å². The second-order valence-corrected chi connectivity index (χ2v) is 5.75. The molecule has 0 spiro atoms. The van der Waals surface area contributed by atoms with Crippen molar-refractivity contribution in [2.45, 2.75) is 45.1 Å². The zero-order valence-electron chi connectivity index (χ0n) is 11.0. The molecule has 1 aromatic carbocycles. The molecule has 18 heavy (non-hydrogen) atoms. The van der Waals surface area contributed by atoms with Gasteiger partial charge in [0.15, 0.2) is 0 Å². The Morgan fingerprint density at radius 3 is 2.56 bits per heavy atom. The number of nitrogens with two attached hydrogens (primary N) is 1. The maximum absolute atomic E-state index is 13.8. The minimum atomic E-state index is -0.527. The topological polar surface area (TPSA) is 26.0 Å². The zero-order chi connectivity index (χ0) is 13.3. The molecule has 3 atom stereocenters. The molecule has 1 fully saturated rings. The number of hydrogen-bond donors (Lipinski definition) is 1. The second-order valence-electron chi connectivity index (χ2n) is 5.75. The molecule has 3 unspecified atom stereocenters. The summed E-state index contributed by atoms with van der Waals surface area (Å²) in [5.41, 5.74) is 6.70. The molecule has 1 saturated carbocycles. The van der Waals surface area contributed by atoms with Gasteiger partial charge < -0.3 is 5.73 Å². The molecule has 1 aliphatic rings. The van der Waals surface area contributed by atoms with Crippen molar-refractivity contribution in [3.63, 3.8) is 0 Å². The summed E-state index contributed by atoms with van der Waals surface area (Å²) in [6.07, 6.45) is 2.93. The van der Waals surface area contributed by atoms with Crippen LogP contribution in [-0.4, -0.2) is 6.04 Å². The molecule has 0 amide bonds. The molecule has 0 radical (unpaired) electrons. The summed E-state index contributed by atoms with van der Waals surface area (Å²) < 4.78 is 26.8. The van der Waals surface area contributed by atoms with Crippen LogP contribution in [0.1, 0.15) is 44.6 Å². The van der Waals surface area contributed by atoms with Crippen molar-refractivity contribution in [2.24, 2.45) is 17.6 Å². The van der Waals surface area contributed by atoms with E-state index >= 15 is 0 Å². The first-order chi connectivity index (χ1) is 8.49. The summed E-state index contributed by atoms with van der Waals surface area (Å²) in [7, 11) is 0. The van der Waals surface area contributed by atoms with E-state index in [1.165, 1.54) is 6.07 Å². The highest BCUT2D eigenvalue weighted by atomic mass is 19.1. The van der Waals surface area contributed by atoms with Gasteiger partial charge in [-0.05, 0) is 42.7 Å². The highest BCUT2D eigenvalue weighted by Crippen LogP contribution is 2.39. The van der Waals surface area contributed by atoms with Gasteiger partial charge in [0.1, 0.15) is 11.6 Å². The Labute approximate surface area is 107 Å². The highest BCUT2D eigenvalue weighted by molar-refractivity contribution is 5.25. The van der Waals surface area contributed by atoms with Crippen molar-refractivity contribution in [3.8, 4) is 0 Å². The molecule has 0 saturated heterocycles. The Morgan fingerprint density at radius 2 is 1.94 bits per heavy atom. The summed E-state index contributed by atoms with van der Waals surface area (Å²) in [4.78, 5) is 0. The molecular formula is C15H21F2N. The van der Waals surface area contributed by atoms with E-state index in [1.54, 1.807) is 6.07 Å². The third-order valence-electron chi connectivity index (χ3n) is 4.25. The first-order valence-electron chi connectivity index (χ1n) is 6.69. The van der Waals surface area contributed by atoms with Crippen LogP contribution in [0.3, 0.4) is 0 Å². The van der Waals surface area contributed by atoms with Gasteiger partial charge >= 0.3 is 0 Å². The quantitative estimate of drug-likeness (QED) is 0.851. The molecule has 3 heteroatoms. The molecule has 0 aliphatic heterocycles. The molecule has 1 nitrogen and oxygen atoms in total. The predicted molar refractivity (Wildman–Crippen MR) is 69.3 cm³/mol. The minimum Gasteiger partial charge on any atom is -0.327 e. The standard InChI is InChI=1S/C15H21F2N/c1-9(2)10-3-6-15(18)13(7-10)12-5-4-11(16)8-14(12)17/h4-5,8-10,13,15H,3,6-7,18H2,1-2H3. The zero-order valence-corrected chi connectivity index (χ0v) is 11.0. The lowest BCUT2D eigenvalue weighted by Gasteiger charge is -2.36. The second kappa shape index (κ2) is 5.35. The van der Waals surface area contributed by atoms with Crippen molar-refractivity contribution in [1.29, 1.82) is 0 Å². The Bertz CT molecular complexity index is 417. The van der Waals surface area contributed by atoms with E-state index in [1.807, 2.05) is 0 Å². The summed E-state index contributed by atoms with van der Waals surface area (Å²) in [5.74, 6) is 0.204. The fourth-order valence-corrected chi connectivity index (χ4v) is 2.99. The van der Waals surface area contributed by atoms with Gasteiger partial charge in [0.25, 0.3) is 0 Å². The third-order valence-corrected chi connectivity index (χ3v) is 4.25. The Hall–Kier alpha value is -0.960. The van der Waals surface area contributed by atoms with Gasteiger partial charge in [0, 0.05) is 18.0 Å². The molecular weight excluding hydrogens is 232 g/mol. The lowest BCUT2D eigenvalue weighted by molar-refractivity contribution is 0.230. The van der Waals surface area contributed by atoms with Crippen LogP contribution in [0.25, 0.3) is 0 Å². The largest absolute Gasteiger partial charge is 0.327 e. The van der Waals surface area contributed by atoms with Gasteiger partial charge in [-0.3, -0.25) is 0 Å². The smallest absolute Gasteiger partial charge is 0.129 e. The van der Waals surface area contributed by atoms with Crippen LogP contribution in [0, 0.1) is 23.5 Å². The summed E-state index contributed by atoms with van der Waals surface area (Å²) >= 11 is 0.